The zero-order valence-electron chi connectivity index (χ0n) is 12.6. The van der Waals surface area contributed by atoms with Gasteiger partial charge in [0.2, 0.25) is 0 Å². The molecule has 0 unspecified atom stereocenters. The monoisotopic (exact) mass is 366 g/mol. The van der Waals surface area contributed by atoms with Crippen LogP contribution in [0, 0.1) is 11.6 Å². The van der Waals surface area contributed by atoms with Crippen LogP contribution in [-0.4, -0.2) is 23.3 Å². The van der Waals surface area contributed by atoms with Gasteiger partial charge >= 0.3 is 0 Å². The van der Waals surface area contributed by atoms with E-state index < -0.39 is 0 Å². The zero-order chi connectivity index (χ0) is 17.4. The van der Waals surface area contributed by atoms with Gasteiger partial charge in [-0.05, 0) is 48.7 Å². The second-order valence-corrected chi connectivity index (χ2v) is 5.54. The van der Waals surface area contributed by atoms with Gasteiger partial charge in [-0.15, -0.1) is 0 Å². The predicted molar refractivity (Wildman–Crippen MR) is 101 cm³/mol. The molecule has 24 heavy (non-hydrogen) atoms. The van der Waals surface area contributed by atoms with E-state index in [1.165, 1.54) is 12.1 Å². The van der Waals surface area contributed by atoms with Gasteiger partial charge in [0.1, 0.15) is 11.6 Å². The molecule has 2 aromatic rings. The molecule has 8 heteroatoms. The van der Waals surface area contributed by atoms with Crippen LogP contribution in [0.4, 0.5) is 20.2 Å². The average molecular weight is 366 g/mol. The van der Waals surface area contributed by atoms with Crippen molar-refractivity contribution in [3.8, 4) is 0 Å². The normalized spacial score (nSPS) is 9.92. The van der Waals surface area contributed by atoms with Crippen LogP contribution in [0.3, 0.4) is 0 Å². The molecule has 0 aliphatic rings. The van der Waals surface area contributed by atoms with Crippen LogP contribution in [0.25, 0.3) is 0 Å². The summed E-state index contributed by atoms with van der Waals surface area (Å²) in [5.41, 5.74) is 0.611. The minimum atomic E-state index is -0.380. The standard InChI is InChI=1S/C16H16F2N4S2/c17-11-5-1-3-7-13(11)21-15(23)19-9-10-20-16(24)22-14-8-4-2-6-12(14)18/h1-8H,9-10H2,(H2,19,21,23)(H2,20,22,24). The fourth-order valence-electron chi connectivity index (χ4n) is 1.81. The van der Waals surface area contributed by atoms with Crippen molar-refractivity contribution in [3.63, 3.8) is 0 Å². The van der Waals surface area contributed by atoms with Gasteiger partial charge in [-0.25, -0.2) is 8.78 Å². The summed E-state index contributed by atoms with van der Waals surface area (Å²) in [6, 6.07) is 12.5. The van der Waals surface area contributed by atoms with E-state index in [0.29, 0.717) is 34.7 Å². The molecule has 0 saturated carbocycles. The van der Waals surface area contributed by atoms with Crippen molar-refractivity contribution in [2.75, 3.05) is 23.7 Å². The van der Waals surface area contributed by atoms with E-state index in [4.69, 9.17) is 24.4 Å². The van der Waals surface area contributed by atoms with Crippen LogP contribution in [0.1, 0.15) is 0 Å². The van der Waals surface area contributed by atoms with Gasteiger partial charge in [0.25, 0.3) is 0 Å². The highest BCUT2D eigenvalue weighted by Gasteiger charge is 2.04. The van der Waals surface area contributed by atoms with Crippen molar-refractivity contribution in [1.82, 2.24) is 10.6 Å². The summed E-state index contributed by atoms with van der Waals surface area (Å²) < 4.78 is 26.9. The maximum atomic E-state index is 13.5. The van der Waals surface area contributed by atoms with Crippen LogP contribution in [0.15, 0.2) is 48.5 Å². The summed E-state index contributed by atoms with van der Waals surface area (Å²) in [6.45, 7) is 0.915. The van der Waals surface area contributed by atoms with Gasteiger partial charge in [-0.1, -0.05) is 24.3 Å². The minimum absolute atomic E-state index is 0.301. The lowest BCUT2D eigenvalue weighted by molar-refractivity contribution is 0.631. The molecule has 0 radical (unpaired) electrons. The van der Waals surface area contributed by atoms with Crippen molar-refractivity contribution in [3.05, 3.63) is 60.2 Å². The Bertz CT molecular complexity index is 663. The minimum Gasteiger partial charge on any atom is -0.361 e. The van der Waals surface area contributed by atoms with Crippen molar-refractivity contribution in [2.24, 2.45) is 0 Å². The van der Waals surface area contributed by atoms with Crippen molar-refractivity contribution >= 4 is 46.0 Å². The fraction of sp³-hybridized carbons (Fsp3) is 0.125. The van der Waals surface area contributed by atoms with Gasteiger partial charge < -0.3 is 21.3 Å². The maximum Gasteiger partial charge on any atom is 0.170 e. The summed E-state index contributed by atoms with van der Waals surface area (Å²) in [5, 5.41) is 12.0. The number of halogens is 2. The Balaban J connectivity index is 1.67. The number of para-hydroxylation sites is 2. The molecule has 0 spiro atoms. The van der Waals surface area contributed by atoms with Crippen LogP contribution in [-0.2, 0) is 0 Å². The van der Waals surface area contributed by atoms with E-state index in [1.54, 1.807) is 36.4 Å². The number of hydrogen-bond donors (Lipinski definition) is 4. The number of anilines is 2. The fourth-order valence-corrected chi connectivity index (χ4v) is 2.23. The third kappa shape index (κ3) is 5.71. The molecule has 0 bridgehead atoms. The predicted octanol–water partition coefficient (Wildman–Crippen LogP) is 3.24. The van der Waals surface area contributed by atoms with Crippen molar-refractivity contribution in [2.45, 2.75) is 0 Å². The van der Waals surface area contributed by atoms with Gasteiger partial charge in [-0.2, -0.15) is 0 Å². The molecule has 0 amide bonds. The molecule has 2 aromatic carbocycles. The number of nitrogens with one attached hydrogen (secondary N) is 4. The molecule has 4 nitrogen and oxygen atoms in total. The first-order valence-electron chi connectivity index (χ1n) is 7.15. The SMILES string of the molecule is Fc1ccccc1NC(=S)NCCNC(=S)Nc1ccccc1F. The van der Waals surface area contributed by atoms with Gasteiger partial charge in [0, 0.05) is 13.1 Å². The van der Waals surface area contributed by atoms with Crippen molar-refractivity contribution in [1.29, 1.82) is 0 Å². The van der Waals surface area contributed by atoms with Crippen LogP contribution in [0.5, 0.6) is 0 Å². The summed E-state index contributed by atoms with van der Waals surface area (Å²) >= 11 is 10.2. The Kier molecular flexibility index (Phi) is 6.83. The van der Waals surface area contributed by atoms with Crippen LogP contribution in [0.2, 0.25) is 0 Å². The first-order valence-corrected chi connectivity index (χ1v) is 7.96. The Labute approximate surface area is 149 Å². The highest BCUT2D eigenvalue weighted by Crippen LogP contribution is 2.12. The summed E-state index contributed by atoms with van der Waals surface area (Å²) in [5.74, 6) is -0.759. The third-order valence-corrected chi connectivity index (χ3v) is 3.43. The van der Waals surface area contributed by atoms with Crippen LogP contribution < -0.4 is 21.3 Å². The Hall–Kier alpha value is -2.32. The quantitative estimate of drug-likeness (QED) is 0.482. The number of thiocarbonyl (C=S) groups is 2. The Morgan fingerprint density at radius 3 is 1.46 bits per heavy atom. The Morgan fingerprint density at radius 1 is 0.708 bits per heavy atom. The third-order valence-electron chi connectivity index (χ3n) is 2.94. The number of hydrogen-bond acceptors (Lipinski definition) is 2. The number of benzene rings is 2. The van der Waals surface area contributed by atoms with Gasteiger partial charge in [-0.3, -0.25) is 0 Å². The summed E-state index contributed by atoms with van der Waals surface area (Å²) in [4.78, 5) is 0. The van der Waals surface area contributed by atoms with E-state index >= 15 is 0 Å². The molecule has 0 heterocycles. The highest BCUT2D eigenvalue weighted by atomic mass is 32.1. The molecule has 2 rings (SSSR count). The molecule has 126 valence electrons. The zero-order valence-corrected chi connectivity index (χ0v) is 14.2. The van der Waals surface area contributed by atoms with E-state index in [-0.39, 0.29) is 11.6 Å². The van der Waals surface area contributed by atoms with E-state index in [2.05, 4.69) is 21.3 Å². The van der Waals surface area contributed by atoms with E-state index in [1.807, 2.05) is 0 Å². The molecule has 0 aromatic heterocycles. The molecule has 0 atom stereocenters. The van der Waals surface area contributed by atoms with Crippen molar-refractivity contribution < 1.29 is 8.78 Å². The van der Waals surface area contributed by atoms with Gasteiger partial charge in [0.05, 0.1) is 11.4 Å². The summed E-state index contributed by atoms with van der Waals surface area (Å²) in [7, 11) is 0. The molecular weight excluding hydrogens is 350 g/mol. The second kappa shape index (κ2) is 9.09. The largest absolute Gasteiger partial charge is 0.361 e. The van der Waals surface area contributed by atoms with E-state index in [0.717, 1.165) is 0 Å². The maximum absolute atomic E-state index is 13.5. The summed E-state index contributed by atoms with van der Waals surface area (Å²) in [6.07, 6.45) is 0. The topological polar surface area (TPSA) is 48.1 Å². The van der Waals surface area contributed by atoms with E-state index in [9.17, 15) is 8.78 Å². The first kappa shape index (κ1) is 18.0. The van der Waals surface area contributed by atoms with Crippen LogP contribution >= 0.6 is 24.4 Å². The molecular formula is C16H16F2N4S2. The molecule has 0 aliphatic heterocycles. The molecule has 0 saturated heterocycles. The Morgan fingerprint density at radius 2 is 1.08 bits per heavy atom. The first-order chi connectivity index (χ1) is 11.6. The molecule has 0 aliphatic carbocycles. The highest BCUT2D eigenvalue weighted by molar-refractivity contribution is 7.80. The lowest BCUT2D eigenvalue weighted by atomic mass is 10.3. The van der Waals surface area contributed by atoms with Gasteiger partial charge in [0.15, 0.2) is 10.2 Å². The number of rotatable bonds is 5. The average Bonchev–Trinajstić information content (AvgIpc) is 2.56. The molecule has 4 N–H and O–H groups in total. The lowest BCUT2D eigenvalue weighted by Crippen LogP contribution is -2.38. The molecule has 0 fully saturated rings. The second-order valence-electron chi connectivity index (χ2n) is 4.72. The smallest absolute Gasteiger partial charge is 0.170 e. The lowest BCUT2D eigenvalue weighted by Gasteiger charge is -2.13.